The second-order valence-electron chi connectivity index (χ2n) is 5.21. The van der Waals surface area contributed by atoms with Crippen molar-refractivity contribution in [2.24, 2.45) is 0 Å². The molecule has 9 heteroatoms. The van der Waals surface area contributed by atoms with E-state index in [0.717, 1.165) is 10.0 Å². The van der Waals surface area contributed by atoms with E-state index in [4.69, 9.17) is 25.8 Å². The Morgan fingerprint density at radius 2 is 1.77 bits per heavy atom. The molecule has 7 nitrogen and oxygen atoms in total. The molecule has 0 atom stereocenters. The summed E-state index contributed by atoms with van der Waals surface area (Å²) in [6, 6.07) is 8.23. The minimum Gasteiger partial charge on any atom is -0.493 e. The highest BCUT2D eigenvalue weighted by Gasteiger charge is 2.21. The van der Waals surface area contributed by atoms with Gasteiger partial charge in [0.2, 0.25) is 0 Å². The standard InChI is InChI=1S/C17H15BrClNO6/c1-24-15-7-12(14(20(22)23)8-16(15)25-2)5-11-6-13(18)4-3-10(11)9-26-17(19)21/h3-4,6-8H,5,9H2,1-2H3. The van der Waals surface area contributed by atoms with Crippen LogP contribution < -0.4 is 9.47 Å². The molecular weight excluding hydrogens is 430 g/mol. The Morgan fingerprint density at radius 1 is 1.12 bits per heavy atom. The fraction of sp³-hybridized carbons (Fsp3) is 0.235. The van der Waals surface area contributed by atoms with Gasteiger partial charge in [-0.3, -0.25) is 10.1 Å². The number of halogens is 2. The smallest absolute Gasteiger partial charge is 0.404 e. The van der Waals surface area contributed by atoms with Crippen molar-refractivity contribution in [3.63, 3.8) is 0 Å². The van der Waals surface area contributed by atoms with Crippen LogP contribution in [-0.2, 0) is 17.8 Å². The fourth-order valence-electron chi connectivity index (χ4n) is 2.46. The Hall–Kier alpha value is -2.32. The quantitative estimate of drug-likeness (QED) is 0.345. The van der Waals surface area contributed by atoms with Crippen molar-refractivity contribution in [2.75, 3.05) is 14.2 Å². The second-order valence-corrected chi connectivity index (χ2v) is 6.43. The normalized spacial score (nSPS) is 10.3. The van der Waals surface area contributed by atoms with E-state index < -0.39 is 10.4 Å². The van der Waals surface area contributed by atoms with E-state index in [1.807, 2.05) is 0 Å². The van der Waals surface area contributed by atoms with Crippen LogP contribution in [-0.4, -0.2) is 24.6 Å². The average molecular weight is 445 g/mol. The first-order valence-electron chi connectivity index (χ1n) is 7.34. The number of hydrogen-bond donors (Lipinski definition) is 0. The Kier molecular flexibility index (Phi) is 6.82. The Morgan fingerprint density at radius 3 is 2.35 bits per heavy atom. The number of nitro groups is 1. The molecule has 0 fully saturated rings. The summed E-state index contributed by atoms with van der Waals surface area (Å²) in [5.41, 5.74) is 0.849. The van der Waals surface area contributed by atoms with Crippen molar-refractivity contribution in [2.45, 2.75) is 13.0 Å². The lowest BCUT2D eigenvalue weighted by Crippen LogP contribution is -2.04. The lowest BCUT2D eigenvalue weighted by Gasteiger charge is -2.13. The SMILES string of the molecule is COc1cc(Cc2cc(Br)ccc2COC(=O)Cl)c([N+](=O)[O-])cc1OC. The molecule has 0 spiro atoms. The summed E-state index contributed by atoms with van der Waals surface area (Å²) < 4.78 is 16.0. The third kappa shape index (κ3) is 4.86. The van der Waals surface area contributed by atoms with Crippen LogP contribution in [0.25, 0.3) is 0 Å². The molecule has 0 saturated heterocycles. The van der Waals surface area contributed by atoms with Crippen LogP contribution in [0, 0.1) is 10.1 Å². The molecule has 138 valence electrons. The summed E-state index contributed by atoms with van der Waals surface area (Å²) in [6.45, 7) is -0.0357. The van der Waals surface area contributed by atoms with Gasteiger partial charge in [0.1, 0.15) is 6.61 Å². The minimum absolute atomic E-state index is 0.0357. The number of nitrogens with zero attached hydrogens (tertiary/aromatic N) is 1. The molecule has 0 saturated carbocycles. The number of carbonyl (C=O) groups excluding carboxylic acids is 1. The van der Waals surface area contributed by atoms with Crippen molar-refractivity contribution in [3.8, 4) is 11.5 Å². The molecule has 2 aromatic carbocycles. The maximum atomic E-state index is 11.5. The van der Waals surface area contributed by atoms with E-state index in [9.17, 15) is 14.9 Å². The van der Waals surface area contributed by atoms with Gasteiger partial charge >= 0.3 is 5.43 Å². The summed E-state index contributed by atoms with van der Waals surface area (Å²) in [5, 5.41) is 11.5. The van der Waals surface area contributed by atoms with Crippen LogP contribution in [0.5, 0.6) is 11.5 Å². The van der Waals surface area contributed by atoms with Crippen molar-refractivity contribution >= 4 is 38.6 Å². The second kappa shape index (κ2) is 8.86. The highest BCUT2D eigenvalue weighted by molar-refractivity contribution is 9.10. The number of benzene rings is 2. The highest BCUT2D eigenvalue weighted by Crippen LogP contribution is 2.36. The molecule has 0 aliphatic rings. The molecule has 2 aromatic rings. The Bertz CT molecular complexity index is 842. The average Bonchev–Trinajstić information content (AvgIpc) is 2.60. The van der Waals surface area contributed by atoms with Gasteiger partial charge in [-0.15, -0.1) is 0 Å². The van der Waals surface area contributed by atoms with E-state index >= 15 is 0 Å². The first-order chi connectivity index (χ1) is 12.3. The highest BCUT2D eigenvalue weighted by atomic mass is 79.9. The van der Waals surface area contributed by atoms with Crippen molar-refractivity contribution in [1.29, 1.82) is 0 Å². The largest absolute Gasteiger partial charge is 0.493 e. The van der Waals surface area contributed by atoms with Crippen LogP contribution >= 0.6 is 27.5 Å². The first-order valence-corrected chi connectivity index (χ1v) is 8.51. The molecule has 2 rings (SSSR count). The fourth-order valence-corrected chi connectivity index (χ4v) is 2.92. The number of methoxy groups -OCH3 is 2. The molecule has 0 N–H and O–H groups in total. The molecule has 26 heavy (non-hydrogen) atoms. The van der Waals surface area contributed by atoms with Crippen molar-refractivity contribution in [1.82, 2.24) is 0 Å². The number of rotatable bonds is 7. The first kappa shape index (κ1) is 20.0. The third-order valence-electron chi connectivity index (χ3n) is 3.67. The summed E-state index contributed by atoms with van der Waals surface area (Å²) in [7, 11) is 2.87. The summed E-state index contributed by atoms with van der Waals surface area (Å²) in [5.74, 6) is 0.658. The van der Waals surface area contributed by atoms with E-state index in [1.54, 1.807) is 24.3 Å². The van der Waals surface area contributed by atoms with Crippen LogP contribution in [0.1, 0.15) is 16.7 Å². The lowest BCUT2D eigenvalue weighted by atomic mass is 9.98. The molecule has 0 unspecified atom stereocenters. The van der Waals surface area contributed by atoms with Crippen molar-refractivity contribution in [3.05, 3.63) is 61.6 Å². The predicted molar refractivity (Wildman–Crippen MR) is 99.2 cm³/mol. The number of ether oxygens (including phenoxy) is 3. The van der Waals surface area contributed by atoms with Crippen LogP contribution in [0.3, 0.4) is 0 Å². The van der Waals surface area contributed by atoms with Crippen LogP contribution in [0.2, 0.25) is 0 Å². The maximum Gasteiger partial charge on any atom is 0.404 e. The number of nitro benzene ring substituents is 1. The molecule has 0 aliphatic carbocycles. The molecule has 0 bridgehead atoms. The summed E-state index contributed by atoms with van der Waals surface area (Å²) >= 11 is 8.60. The zero-order valence-electron chi connectivity index (χ0n) is 14.0. The van der Waals surface area contributed by atoms with Crippen molar-refractivity contribution < 1.29 is 23.9 Å². The van der Waals surface area contributed by atoms with Gasteiger partial charge in [0.25, 0.3) is 5.69 Å². The van der Waals surface area contributed by atoms with Crippen LogP contribution in [0.15, 0.2) is 34.8 Å². The minimum atomic E-state index is -0.920. The van der Waals surface area contributed by atoms with E-state index in [-0.39, 0.29) is 24.5 Å². The number of hydrogen-bond acceptors (Lipinski definition) is 6. The topological polar surface area (TPSA) is 87.9 Å². The van der Waals surface area contributed by atoms with Gasteiger partial charge in [0.05, 0.1) is 25.2 Å². The summed E-state index contributed by atoms with van der Waals surface area (Å²) in [4.78, 5) is 21.8. The van der Waals surface area contributed by atoms with Gasteiger partial charge in [0.15, 0.2) is 11.5 Å². The molecule has 0 amide bonds. The molecule has 0 aliphatic heterocycles. The maximum absolute atomic E-state index is 11.5. The third-order valence-corrected chi connectivity index (χ3v) is 4.27. The van der Waals surface area contributed by atoms with Gasteiger partial charge in [-0.1, -0.05) is 22.0 Å². The van der Waals surface area contributed by atoms with Gasteiger partial charge < -0.3 is 14.2 Å². The number of carbonyl (C=O) groups is 1. The molecule has 0 heterocycles. The van der Waals surface area contributed by atoms with Gasteiger partial charge in [-0.05, 0) is 29.3 Å². The van der Waals surface area contributed by atoms with Gasteiger partial charge in [-0.2, -0.15) is 0 Å². The molecular formula is C17H15BrClNO6. The summed E-state index contributed by atoms with van der Waals surface area (Å²) in [6.07, 6.45) is 0.227. The Balaban J connectivity index is 2.48. The molecule has 0 aromatic heterocycles. The van der Waals surface area contributed by atoms with E-state index in [0.29, 0.717) is 16.9 Å². The van der Waals surface area contributed by atoms with E-state index in [2.05, 4.69) is 15.9 Å². The zero-order chi connectivity index (χ0) is 19.3. The molecule has 0 radical (unpaired) electrons. The lowest BCUT2D eigenvalue weighted by molar-refractivity contribution is -0.385. The van der Waals surface area contributed by atoms with E-state index in [1.165, 1.54) is 20.3 Å². The predicted octanol–water partition coefficient (Wildman–Crippen LogP) is 4.84. The van der Waals surface area contributed by atoms with Crippen LogP contribution in [0.4, 0.5) is 10.5 Å². The monoisotopic (exact) mass is 443 g/mol. The zero-order valence-corrected chi connectivity index (χ0v) is 16.3. The Labute approximate surface area is 163 Å². The van der Waals surface area contributed by atoms with Gasteiger partial charge in [0, 0.05) is 28.1 Å². The van der Waals surface area contributed by atoms with Gasteiger partial charge in [-0.25, -0.2) is 4.79 Å².